The van der Waals surface area contributed by atoms with Gasteiger partial charge in [0.05, 0.1) is 5.69 Å². The quantitative estimate of drug-likeness (QED) is 0.807. The second kappa shape index (κ2) is 5.01. The molecule has 5 nitrogen and oxygen atoms in total. The van der Waals surface area contributed by atoms with Crippen LogP contribution in [0.3, 0.4) is 0 Å². The van der Waals surface area contributed by atoms with Gasteiger partial charge in [-0.15, -0.1) is 0 Å². The van der Waals surface area contributed by atoms with Gasteiger partial charge in [-0.05, 0) is 18.6 Å². The lowest BCUT2D eigenvalue weighted by atomic mass is 10.3. The number of nitrogens with one attached hydrogen (secondary N) is 1. The highest BCUT2D eigenvalue weighted by Gasteiger charge is 2.15. The van der Waals surface area contributed by atoms with E-state index in [4.69, 9.17) is 4.74 Å². The Hall–Kier alpha value is -2.70. The number of nitrogens with zero attached hydrogens (tertiary/aromatic N) is 2. The van der Waals surface area contributed by atoms with Gasteiger partial charge < -0.3 is 4.74 Å². The minimum Gasteiger partial charge on any atom is -0.449 e. The van der Waals surface area contributed by atoms with E-state index in [0.717, 1.165) is 12.1 Å². The van der Waals surface area contributed by atoms with Crippen molar-refractivity contribution in [3.8, 4) is 11.5 Å². The molecule has 0 aliphatic carbocycles. The fraction of sp³-hybridized carbons (Fsp3) is 0.143. The van der Waals surface area contributed by atoms with Crippen LogP contribution in [-0.4, -0.2) is 14.6 Å². The van der Waals surface area contributed by atoms with Crippen molar-refractivity contribution in [2.45, 2.75) is 13.3 Å². The molecule has 0 saturated carbocycles. The molecule has 0 bridgehead atoms. The molecule has 3 aromatic rings. The number of benzene rings is 1. The van der Waals surface area contributed by atoms with Crippen LogP contribution in [0.4, 0.5) is 8.78 Å². The van der Waals surface area contributed by atoms with Crippen molar-refractivity contribution in [2.75, 3.05) is 0 Å². The summed E-state index contributed by atoms with van der Waals surface area (Å²) in [5.74, 6) is -2.00. The summed E-state index contributed by atoms with van der Waals surface area (Å²) in [6.45, 7) is 1.82. The van der Waals surface area contributed by atoms with Crippen molar-refractivity contribution < 1.29 is 13.5 Å². The van der Waals surface area contributed by atoms with Crippen molar-refractivity contribution in [1.29, 1.82) is 0 Å². The first-order valence-electron chi connectivity index (χ1n) is 6.32. The summed E-state index contributed by atoms with van der Waals surface area (Å²) in [5.41, 5.74) is 0.477. The Kier molecular flexibility index (Phi) is 3.17. The summed E-state index contributed by atoms with van der Waals surface area (Å²) in [6, 6.07) is 4.73. The molecule has 0 atom stereocenters. The molecule has 108 valence electrons. The van der Waals surface area contributed by atoms with E-state index in [1.165, 1.54) is 10.6 Å². The Labute approximate surface area is 117 Å². The summed E-state index contributed by atoms with van der Waals surface area (Å²) in [6.07, 6.45) is 2.04. The third-order valence-electron chi connectivity index (χ3n) is 3.02. The van der Waals surface area contributed by atoms with Crippen molar-refractivity contribution in [3.05, 3.63) is 58.1 Å². The Morgan fingerprint density at radius 3 is 2.81 bits per heavy atom. The summed E-state index contributed by atoms with van der Waals surface area (Å²) >= 11 is 0. The number of hydrogen-bond acceptors (Lipinski definition) is 3. The topological polar surface area (TPSA) is 59.4 Å². The average molecular weight is 291 g/mol. The van der Waals surface area contributed by atoms with Crippen molar-refractivity contribution in [2.24, 2.45) is 0 Å². The van der Waals surface area contributed by atoms with Gasteiger partial charge in [-0.25, -0.2) is 13.8 Å². The van der Waals surface area contributed by atoms with Gasteiger partial charge >= 0.3 is 5.56 Å². The summed E-state index contributed by atoms with van der Waals surface area (Å²) in [5, 5.41) is 2.71. The minimum atomic E-state index is -1.04. The predicted octanol–water partition coefficient (Wildman–Crippen LogP) is 2.66. The molecule has 0 fully saturated rings. The highest BCUT2D eigenvalue weighted by molar-refractivity contribution is 5.43. The smallest absolute Gasteiger partial charge is 0.315 e. The first kappa shape index (κ1) is 13.3. The molecule has 21 heavy (non-hydrogen) atoms. The number of ether oxygens (including phenoxy) is 1. The van der Waals surface area contributed by atoms with E-state index in [1.807, 2.05) is 6.92 Å². The van der Waals surface area contributed by atoms with Crippen LogP contribution in [0.25, 0.3) is 5.65 Å². The van der Waals surface area contributed by atoms with Crippen molar-refractivity contribution in [3.63, 3.8) is 0 Å². The van der Waals surface area contributed by atoms with Crippen LogP contribution in [0.5, 0.6) is 11.5 Å². The molecule has 0 amide bonds. The molecule has 0 unspecified atom stereocenters. The molecule has 0 saturated heterocycles. The number of aryl methyl sites for hydroxylation is 1. The largest absolute Gasteiger partial charge is 0.449 e. The number of hydrogen-bond donors (Lipinski definition) is 1. The van der Waals surface area contributed by atoms with E-state index >= 15 is 0 Å². The monoisotopic (exact) mass is 291 g/mol. The zero-order valence-electron chi connectivity index (χ0n) is 11.1. The van der Waals surface area contributed by atoms with Crippen LogP contribution in [0.2, 0.25) is 0 Å². The van der Waals surface area contributed by atoms with Gasteiger partial charge in [0.15, 0.2) is 17.3 Å². The summed E-state index contributed by atoms with van der Waals surface area (Å²) < 4.78 is 32.8. The van der Waals surface area contributed by atoms with E-state index in [-0.39, 0.29) is 11.5 Å². The molecule has 0 aliphatic heterocycles. The number of aromatic nitrogens is 3. The maximum absolute atomic E-state index is 13.2. The third-order valence-corrected chi connectivity index (χ3v) is 3.02. The maximum atomic E-state index is 13.2. The van der Waals surface area contributed by atoms with Gasteiger partial charge in [-0.1, -0.05) is 6.92 Å². The first-order valence-corrected chi connectivity index (χ1v) is 6.32. The molecule has 3 rings (SSSR count). The highest BCUT2D eigenvalue weighted by Crippen LogP contribution is 2.23. The van der Waals surface area contributed by atoms with Crippen LogP contribution < -0.4 is 10.3 Å². The Balaban J connectivity index is 2.12. The van der Waals surface area contributed by atoms with Gasteiger partial charge in [0.1, 0.15) is 5.75 Å². The van der Waals surface area contributed by atoms with E-state index in [2.05, 4.69) is 10.1 Å². The standard InChI is InChI=1S/C14H11F2N3O2/c1-2-11-13(14(20)19-12(18-11)5-6-17-19)21-8-3-4-9(15)10(16)7-8/h3-7,17H,2H2,1H3. The van der Waals surface area contributed by atoms with Crippen LogP contribution in [0, 0.1) is 11.6 Å². The fourth-order valence-corrected chi connectivity index (χ4v) is 1.99. The van der Waals surface area contributed by atoms with Gasteiger partial charge in [0, 0.05) is 18.3 Å². The van der Waals surface area contributed by atoms with Crippen LogP contribution >= 0.6 is 0 Å². The fourth-order valence-electron chi connectivity index (χ4n) is 1.99. The summed E-state index contributed by atoms with van der Waals surface area (Å²) in [7, 11) is 0. The SMILES string of the molecule is CCc1nc2cc[nH]n2c(=O)c1Oc1ccc(F)c(F)c1. The maximum Gasteiger partial charge on any atom is 0.315 e. The molecule has 0 spiro atoms. The minimum absolute atomic E-state index is 0.0107. The van der Waals surface area contributed by atoms with Gasteiger partial charge in [0.2, 0.25) is 5.75 Å². The molecular formula is C14H11F2N3O2. The molecule has 0 aliphatic rings. The zero-order chi connectivity index (χ0) is 15.0. The number of rotatable bonds is 3. The second-order valence-corrected chi connectivity index (χ2v) is 4.38. The first-order chi connectivity index (χ1) is 10.1. The average Bonchev–Trinajstić information content (AvgIpc) is 2.94. The van der Waals surface area contributed by atoms with Gasteiger partial charge in [-0.3, -0.25) is 9.89 Å². The van der Waals surface area contributed by atoms with Crippen LogP contribution in [0.1, 0.15) is 12.6 Å². The van der Waals surface area contributed by atoms with E-state index in [0.29, 0.717) is 17.8 Å². The highest BCUT2D eigenvalue weighted by atomic mass is 19.2. The molecule has 2 aromatic heterocycles. The number of aromatic amines is 1. The molecule has 2 heterocycles. The third kappa shape index (κ3) is 2.26. The lowest BCUT2D eigenvalue weighted by Crippen LogP contribution is -2.19. The lowest BCUT2D eigenvalue weighted by molar-refractivity contribution is 0.447. The van der Waals surface area contributed by atoms with E-state index in [1.54, 1.807) is 12.3 Å². The normalized spacial score (nSPS) is 11.0. The predicted molar refractivity (Wildman–Crippen MR) is 71.6 cm³/mol. The molecule has 0 radical (unpaired) electrons. The van der Waals surface area contributed by atoms with Crippen molar-refractivity contribution >= 4 is 5.65 Å². The molecule has 7 heteroatoms. The Morgan fingerprint density at radius 1 is 1.29 bits per heavy atom. The molecular weight excluding hydrogens is 280 g/mol. The van der Waals surface area contributed by atoms with Gasteiger partial charge in [-0.2, -0.15) is 4.52 Å². The number of H-pyrrole nitrogens is 1. The second-order valence-electron chi connectivity index (χ2n) is 4.38. The number of halogens is 2. The zero-order valence-corrected chi connectivity index (χ0v) is 11.1. The van der Waals surface area contributed by atoms with Crippen LogP contribution in [0.15, 0.2) is 35.3 Å². The van der Waals surface area contributed by atoms with E-state index in [9.17, 15) is 13.6 Å². The Bertz CT molecular complexity index is 870. The summed E-state index contributed by atoms with van der Waals surface area (Å²) in [4.78, 5) is 16.6. The Morgan fingerprint density at radius 2 is 2.10 bits per heavy atom. The number of fused-ring (bicyclic) bond motifs is 1. The van der Waals surface area contributed by atoms with Gasteiger partial charge in [0.25, 0.3) is 0 Å². The molecule has 1 N–H and O–H groups in total. The van der Waals surface area contributed by atoms with E-state index < -0.39 is 17.2 Å². The lowest BCUT2D eigenvalue weighted by Gasteiger charge is -2.09. The van der Waals surface area contributed by atoms with Crippen molar-refractivity contribution in [1.82, 2.24) is 14.6 Å². The molecule has 1 aromatic carbocycles. The van der Waals surface area contributed by atoms with Crippen LogP contribution in [-0.2, 0) is 6.42 Å².